The molecule has 6 aromatic carbocycles. The zero-order chi connectivity index (χ0) is 34.5. The summed E-state index contributed by atoms with van der Waals surface area (Å²) in [4.78, 5) is 0. The van der Waals surface area contributed by atoms with Crippen molar-refractivity contribution >= 4 is 61.6 Å². The monoisotopic (exact) mass is 806 g/mol. The fourth-order valence-electron chi connectivity index (χ4n) is 6.89. The first-order valence-electron chi connectivity index (χ1n) is 17.4. The third-order valence-electron chi connectivity index (χ3n) is 9.81. The van der Waals surface area contributed by atoms with E-state index in [1.807, 2.05) is 0 Å². The molecule has 271 valence electrons. The topological polar surface area (TPSA) is 0 Å². The van der Waals surface area contributed by atoms with Crippen LogP contribution < -0.4 is 15.6 Å². The molecule has 0 saturated heterocycles. The normalized spacial score (nSPS) is 13.0. The van der Waals surface area contributed by atoms with E-state index in [2.05, 4.69) is 200 Å². The van der Waals surface area contributed by atoms with E-state index in [0.717, 1.165) is 0 Å². The Balaban J connectivity index is 0.000000660. The van der Waals surface area contributed by atoms with E-state index in [1.54, 1.807) is 0 Å². The van der Waals surface area contributed by atoms with E-state index in [-0.39, 0.29) is 58.9 Å². The van der Waals surface area contributed by atoms with Crippen molar-refractivity contribution in [2.75, 3.05) is 0 Å². The molecule has 53 heavy (non-hydrogen) atoms. The van der Waals surface area contributed by atoms with Gasteiger partial charge in [-0.1, -0.05) is 189 Å². The van der Waals surface area contributed by atoms with Gasteiger partial charge < -0.3 is 0 Å². The van der Waals surface area contributed by atoms with Crippen molar-refractivity contribution in [2.24, 2.45) is 5.92 Å². The Morgan fingerprint density at radius 1 is 0.434 bits per heavy atom. The SMILES string of the molecule is CC1=[C-]C(C)C(C)=C1C.Cc1cccc(-c2ccccc2[Si](c2ccccc2-c2cccc(C)c2)c2ccccc2-c2cccc(C)c2)c1.Cl.Cl.Cl.[Ti]. The van der Waals surface area contributed by atoms with Crippen LogP contribution in [0.5, 0.6) is 0 Å². The van der Waals surface area contributed by atoms with Gasteiger partial charge >= 0.3 is 0 Å². The van der Waals surface area contributed by atoms with Crippen molar-refractivity contribution in [3.05, 3.63) is 185 Å². The molecule has 1 unspecified atom stereocenters. The van der Waals surface area contributed by atoms with Crippen molar-refractivity contribution in [1.29, 1.82) is 0 Å². The first kappa shape index (κ1) is 45.8. The van der Waals surface area contributed by atoms with Crippen LogP contribution in [0.4, 0.5) is 0 Å². The zero-order valence-corrected chi connectivity index (χ0v) is 36.7. The number of allylic oxidation sites excluding steroid dienone is 4. The Hall–Kier alpha value is -3.40. The van der Waals surface area contributed by atoms with Crippen LogP contribution >= 0.6 is 37.2 Å². The number of hydrogen-bond donors (Lipinski definition) is 0. The van der Waals surface area contributed by atoms with E-state index >= 15 is 0 Å². The van der Waals surface area contributed by atoms with Gasteiger partial charge in [-0.3, -0.25) is 6.08 Å². The summed E-state index contributed by atoms with van der Waals surface area (Å²) in [6.45, 7) is 15.2. The molecule has 0 saturated carbocycles. The first-order valence-corrected chi connectivity index (χ1v) is 18.9. The molecule has 1 aliphatic carbocycles. The van der Waals surface area contributed by atoms with Gasteiger partial charge in [-0.15, -0.1) is 44.1 Å². The Bertz CT molecular complexity index is 1970. The maximum absolute atomic E-state index is 3.36. The van der Waals surface area contributed by atoms with Crippen molar-refractivity contribution < 1.29 is 21.7 Å². The maximum Gasteiger partial charge on any atom is 0.156 e. The maximum atomic E-state index is 3.36. The molecule has 0 amide bonds. The van der Waals surface area contributed by atoms with Crippen LogP contribution in [0.2, 0.25) is 0 Å². The third kappa shape index (κ3) is 10.6. The minimum atomic E-state index is -1.45. The molecule has 0 N–H and O–H groups in total. The van der Waals surface area contributed by atoms with Crippen LogP contribution in [0.25, 0.3) is 33.4 Å². The van der Waals surface area contributed by atoms with E-state index in [4.69, 9.17) is 0 Å². The van der Waals surface area contributed by atoms with E-state index < -0.39 is 8.80 Å². The molecule has 1 aliphatic rings. The molecule has 0 spiro atoms. The minimum absolute atomic E-state index is 0. The molecule has 0 aromatic heterocycles. The van der Waals surface area contributed by atoms with Crippen molar-refractivity contribution in [3.8, 4) is 33.4 Å². The molecule has 6 aromatic rings. The minimum Gasteiger partial charge on any atom is -0.266 e. The Labute approximate surface area is 353 Å². The molecule has 5 heteroatoms. The Morgan fingerprint density at radius 2 is 0.755 bits per heavy atom. The number of rotatable bonds is 6. The molecule has 0 heterocycles. The van der Waals surface area contributed by atoms with Crippen molar-refractivity contribution in [1.82, 2.24) is 0 Å². The molecule has 7 rings (SSSR count). The van der Waals surface area contributed by atoms with E-state index in [1.165, 1.54) is 82.4 Å². The number of benzene rings is 6. The first-order chi connectivity index (χ1) is 23.7. The van der Waals surface area contributed by atoms with Crippen LogP contribution in [-0.4, -0.2) is 8.80 Å². The van der Waals surface area contributed by atoms with Crippen LogP contribution in [-0.2, 0) is 21.7 Å². The van der Waals surface area contributed by atoms with E-state index in [9.17, 15) is 0 Å². The van der Waals surface area contributed by atoms with Crippen molar-refractivity contribution in [2.45, 2.75) is 48.5 Å². The van der Waals surface area contributed by atoms with Crippen LogP contribution in [0.15, 0.2) is 162 Å². The van der Waals surface area contributed by atoms with Crippen LogP contribution in [0.3, 0.4) is 0 Å². The summed E-state index contributed by atoms with van der Waals surface area (Å²) in [5, 5.41) is 4.25. The summed E-state index contributed by atoms with van der Waals surface area (Å²) in [6, 6.07) is 54.0. The molecular weight excluding hydrogens is 759 g/mol. The Kier molecular flexibility index (Phi) is 18.0. The number of hydrogen-bond acceptors (Lipinski definition) is 0. The molecule has 0 nitrogen and oxygen atoms in total. The van der Waals surface area contributed by atoms with Gasteiger partial charge in [0.05, 0.1) is 0 Å². The van der Waals surface area contributed by atoms with Crippen LogP contribution in [0.1, 0.15) is 44.4 Å². The predicted octanol–water partition coefficient (Wildman–Crippen LogP) is 12.1. The summed E-state index contributed by atoms with van der Waals surface area (Å²) in [5.74, 6) is 0.560. The van der Waals surface area contributed by atoms with Gasteiger partial charge in [0.1, 0.15) is 0 Å². The molecule has 1 atom stereocenters. The molecule has 0 aliphatic heterocycles. The smallest absolute Gasteiger partial charge is 0.156 e. The molecule has 1 radical (unpaired) electrons. The quantitative estimate of drug-likeness (QED) is 0.0893. The van der Waals surface area contributed by atoms with Gasteiger partial charge in [0.15, 0.2) is 8.80 Å². The summed E-state index contributed by atoms with van der Waals surface area (Å²) in [5.41, 5.74) is 15.9. The van der Waals surface area contributed by atoms with E-state index in [0.29, 0.717) is 5.92 Å². The summed E-state index contributed by atoms with van der Waals surface area (Å²) in [6.07, 6.45) is 3.36. The van der Waals surface area contributed by atoms with Gasteiger partial charge in [0.25, 0.3) is 0 Å². The Morgan fingerprint density at radius 3 is 1.00 bits per heavy atom. The fourth-order valence-corrected chi connectivity index (χ4v) is 10.0. The molecule has 0 bridgehead atoms. The predicted molar refractivity (Wildman–Crippen MR) is 236 cm³/mol. The molecule has 0 fully saturated rings. The van der Waals surface area contributed by atoms with Gasteiger partial charge in [-0.05, 0) is 69.7 Å². The zero-order valence-electron chi connectivity index (χ0n) is 31.7. The van der Waals surface area contributed by atoms with Gasteiger partial charge in [0, 0.05) is 21.7 Å². The van der Waals surface area contributed by atoms with Crippen molar-refractivity contribution in [3.63, 3.8) is 0 Å². The third-order valence-corrected chi connectivity index (χ3v) is 12.7. The summed E-state index contributed by atoms with van der Waals surface area (Å²) < 4.78 is 0. The average molecular weight is 808 g/mol. The second-order valence-corrected chi connectivity index (χ2v) is 15.8. The van der Waals surface area contributed by atoms with Gasteiger partial charge in [-0.2, -0.15) is 11.1 Å². The average Bonchev–Trinajstić information content (AvgIpc) is 3.34. The number of halogens is 3. The van der Waals surface area contributed by atoms with Gasteiger partial charge in [-0.25, -0.2) is 5.57 Å². The fraction of sp³-hybridized carbons (Fsp3) is 0.167. The van der Waals surface area contributed by atoms with Crippen LogP contribution in [0, 0.1) is 32.8 Å². The van der Waals surface area contributed by atoms with Gasteiger partial charge in [0.2, 0.25) is 0 Å². The molecular formula is C48H49Cl3SiTi-. The summed E-state index contributed by atoms with van der Waals surface area (Å²) >= 11 is 0. The second kappa shape index (κ2) is 20.9. The summed E-state index contributed by atoms with van der Waals surface area (Å²) in [7, 11) is -1.45. The standard InChI is InChI=1S/C39H33Si.C9H13.3ClH.Ti/c1-28-13-10-16-31(25-28)34-19-4-7-22-37(34)40(38-23-8-5-20-35(38)32-17-11-14-29(2)26-32)39-24-9-6-21-36(39)33-18-12-15-30(3)27-33;1-6-5-7(2)9(4)8(6)3;;;;/h4-27H,1-3H3;6H,1-4H3;3*1H;/q;-1;;;;. The number of aryl methyl sites for hydroxylation is 3. The largest absolute Gasteiger partial charge is 0.266 e. The second-order valence-electron chi connectivity index (χ2n) is 13.4.